The van der Waals surface area contributed by atoms with Gasteiger partial charge >= 0.3 is 0 Å². The summed E-state index contributed by atoms with van der Waals surface area (Å²) >= 11 is 1.68. The molecule has 2 N–H and O–H groups in total. The fourth-order valence-corrected chi connectivity index (χ4v) is 4.04. The van der Waals surface area contributed by atoms with Crippen molar-refractivity contribution in [3.8, 4) is 11.1 Å². The largest absolute Gasteiger partial charge is 0.315 e. The van der Waals surface area contributed by atoms with Crippen LogP contribution in [0.5, 0.6) is 0 Å². The Labute approximate surface area is 182 Å². The summed E-state index contributed by atoms with van der Waals surface area (Å²) in [6, 6.07) is 21.8. The van der Waals surface area contributed by atoms with Crippen LogP contribution >= 0.6 is 11.9 Å². The molecule has 0 aliphatic rings. The summed E-state index contributed by atoms with van der Waals surface area (Å²) < 4.78 is 3.52. The fraction of sp³-hybridized carbons (Fsp3) is 0.200. The van der Waals surface area contributed by atoms with Gasteiger partial charge in [0.15, 0.2) is 0 Å². The first-order chi connectivity index (χ1) is 14.8. The van der Waals surface area contributed by atoms with Crippen molar-refractivity contribution in [2.45, 2.75) is 24.3 Å². The summed E-state index contributed by atoms with van der Waals surface area (Å²) in [7, 11) is 0. The highest BCUT2D eigenvalue weighted by atomic mass is 32.2. The molecule has 1 atom stereocenters. The molecule has 0 spiro atoms. The van der Waals surface area contributed by atoms with Crippen LogP contribution in [0, 0.1) is 0 Å². The second-order valence-corrected chi connectivity index (χ2v) is 8.30. The van der Waals surface area contributed by atoms with E-state index in [1.165, 1.54) is 32.4 Å². The van der Waals surface area contributed by atoms with Gasteiger partial charge in [-0.15, -0.1) is 0 Å². The molecule has 0 fully saturated rings. The molecule has 2 heterocycles. The van der Waals surface area contributed by atoms with Crippen molar-refractivity contribution in [1.82, 2.24) is 20.0 Å². The lowest BCUT2D eigenvalue weighted by Gasteiger charge is -2.14. The van der Waals surface area contributed by atoms with Crippen LogP contribution in [0.15, 0.2) is 90.3 Å². The molecule has 30 heavy (non-hydrogen) atoms. The number of pyridine rings is 2. The molecule has 0 unspecified atom stereocenters. The van der Waals surface area contributed by atoms with Crippen LogP contribution in [0.3, 0.4) is 0 Å². The summed E-state index contributed by atoms with van der Waals surface area (Å²) in [5.41, 5.74) is 3.78. The van der Waals surface area contributed by atoms with Crippen molar-refractivity contribution in [2.24, 2.45) is 0 Å². The summed E-state index contributed by atoms with van der Waals surface area (Å²) in [4.78, 5) is 9.46. The first-order valence-electron chi connectivity index (χ1n) is 10.2. The number of rotatable bonds is 9. The predicted octanol–water partition coefficient (Wildman–Crippen LogP) is 5.11. The second-order valence-electron chi connectivity index (χ2n) is 7.39. The fourth-order valence-electron chi connectivity index (χ4n) is 3.29. The van der Waals surface area contributed by atoms with E-state index in [0.717, 1.165) is 19.5 Å². The Morgan fingerprint density at radius 1 is 0.833 bits per heavy atom. The Morgan fingerprint density at radius 3 is 2.43 bits per heavy atom. The number of hydrogen-bond acceptors (Lipinski definition) is 5. The molecule has 4 nitrogen and oxygen atoms in total. The Balaban J connectivity index is 1.18. The molecule has 5 heteroatoms. The molecule has 0 bridgehead atoms. The van der Waals surface area contributed by atoms with Crippen molar-refractivity contribution >= 4 is 22.7 Å². The van der Waals surface area contributed by atoms with E-state index >= 15 is 0 Å². The summed E-state index contributed by atoms with van der Waals surface area (Å²) in [5, 5.41) is 5.95. The number of nitrogens with one attached hydrogen (secondary N) is 2. The van der Waals surface area contributed by atoms with Crippen LogP contribution in [0.25, 0.3) is 21.9 Å². The topological polar surface area (TPSA) is 49.8 Å². The van der Waals surface area contributed by atoms with E-state index in [4.69, 9.17) is 0 Å². The van der Waals surface area contributed by atoms with Gasteiger partial charge in [-0.25, -0.2) is 0 Å². The standard InChI is InChI=1S/C25H26N4S/c1-19(29-30-25-7-6-24-18-28-15-11-23(24)16-25)17-27-12-8-20-2-4-21(5-3-20)22-9-13-26-14-10-22/h2-7,9-11,13-16,18-19,27,29H,8,12,17H2,1H3/t19-/m1/s1. The molecule has 4 rings (SSSR count). The third-order valence-corrected chi connectivity index (χ3v) is 6.01. The molecule has 0 radical (unpaired) electrons. The molecule has 0 saturated heterocycles. The number of nitrogens with zero attached hydrogens (tertiary/aromatic N) is 2. The van der Waals surface area contributed by atoms with Gasteiger partial charge in [0.25, 0.3) is 0 Å². The van der Waals surface area contributed by atoms with Gasteiger partial charge in [0.1, 0.15) is 0 Å². The van der Waals surface area contributed by atoms with Gasteiger partial charge in [-0.1, -0.05) is 30.3 Å². The molecule has 0 saturated carbocycles. The monoisotopic (exact) mass is 414 g/mol. The van der Waals surface area contributed by atoms with E-state index in [9.17, 15) is 0 Å². The maximum atomic E-state index is 4.17. The van der Waals surface area contributed by atoms with E-state index in [1.54, 1.807) is 11.9 Å². The van der Waals surface area contributed by atoms with Gasteiger partial charge in [0.05, 0.1) is 0 Å². The Hall–Kier alpha value is -2.73. The molecule has 2 aromatic carbocycles. The van der Waals surface area contributed by atoms with Gasteiger partial charge in [-0.3, -0.25) is 14.7 Å². The first-order valence-corrected chi connectivity index (χ1v) is 11.1. The smallest absolute Gasteiger partial charge is 0.0346 e. The quantitative estimate of drug-likeness (QED) is 0.294. The van der Waals surface area contributed by atoms with Crippen molar-refractivity contribution < 1.29 is 0 Å². The van der Waals surface area contributed by atoms with Crippen LogP contribution in [0.1, 0.15) is 12.5 Å². The van der Waals surface area contributed by atoms with Crippen molar-refractivity contribution in [1.29, 1.82) is 0 Å². The zero-order valence-electron chi connectivity index (χ0n) is 17.1. The van der Waals surface area contributed by atoms with Crippen LogP contribution < -0.4 is 10.0 Å². The molecular formula is C25H26N4S. The molecule has 0 aliphatic carbocycles. The van der Waals surface area contributed by atoms with Gasteiger partial charge in [-0.05, 0) is 84.2 Å². The maximum Gasteiger partial charge on any atom is 0.0346 e. The van der Waals surface area contributed by atoms with Crippen molar-refractivity contribution in [3.05, 3.63) is 91.0 Å². The highest BCUT2D eigenvalue weighted by molar-refractivity contribution is 7.97. The minimum Gasteiger partial charge on any atom is -0.315 e. The van der Waals surface area contributed by atoms with Crippen LogP contribution in [-0.4, -0.2) is 29.1 Å². The van der Waals surface area contributed by atoms with E-state index in [0.29, 0.717) is 6.04 Å². The molecule has 0 aliphatic heterocycles. The van der Waals surface area contributed by atoms with Gasteiger partial charge in [0, 0.05) is 47.7 Å². The Bertz CT molecular complexity index is 1070. The third-order valence-electron chi connectivity index (χ3n) is 5.00. The summed E-state index contributed by atoms with van der Waals surface area (Å²) in [6.07, 6.45) is 8.42. The lowest BCUT2D eigenvalue weighted by Crippen LogP contribution is -2.33. The van der Waals surface area contributed by atoms with E-state index in [2.05, 4.69) is 69.4 Å². The van der Waals surface area contributed by atoms with Crippen LogP contribution in [0.2, 0.25) is 0 Å². The zero-order chi connectivity index (χ0) is 20.6. The van der Waals surface area contributed by atoms with Crippen LogP contribution in [-0.2, 0) is 6.42 Å². The van der Waals surface area contributed by atoms with Crippen LogP contribution in [0.4, 0.5) is 0 Å². The number of benzene rings is 2. The lowest BCUT2D eigenvalue weighted by molar-refractivity contribution is 0.586. The zero-order valence-corrected chi connectivity index (χ0v) is 17.9. The summed E-state index contributed by atoms with van der Waals surface area (Å²) in [6.45, 7) is 4.10. The normalized spacial score (nSPS) is 12.2. The predicted molar refractivity (Wildman–Crippen MR) is 126 cm³/mol. The van der Waals surface area contributed by atoms with E-state index < -0.39 is 0 Å². The molecular weight excluding hydrogens is 388 g/mol. The average Bonchev–Trinajstić information content (AvgIpc) is 2.81. The first kappa shape index (κ1) is 20.5. The van der Waals surface area contributed by atoms with Gasteiger partial charge < -0.3 is 5.32 Å². The number of hydrogen-bond donors (Lipinski definition) is 2. The van der Waals surface area contributed by atoms with E-state index in [1.807, 2.05) is 43.0 Å². The minimum atomic E-state index is 0.372. The Kier molecular flexibility index (Phi) is 7.08. The second kappa shape index (κ2) is 10.3. The van der Waals surface area contributed by atoms with Crippen molar-refractivity contribution in [3.63, 3.8) is 0 Å². The number of fused-ring (bicyclic) bond motifs is 1. The number of aromatic nitrogens is 2. The van der Waals surface area contributed by atoms with Gasteiger partial charge in [0.2, 0.25) is 0 Å². The minimum absolute atomic E-state index is 0.372. The maximum absolute atomic E-state index is 4.17. The average molecular weight is 415 g/mol. The molecule has 4 aromatic rings. The van der Waals surface area contributed by atoms with Crippen molar-refractivity contribution in [2.75, 3.05) is 13.1 Å². The molecule has 2 aromatic heterocycles. The molecule has 0 amide bonds. The third kappa shape index (κ3) is 5.66. The Morgan fingerprint density at radius 2 is 1.60 bits per heavy atom. The highest BCUT2D eigenvalue weighted by Crippen LogP contribution is 2.21. The SMILES string of the molecule is C[C@H](CNCCc1ccc(-c2ccncc2)cc1)NSc1ccc2cnccc2c1. The van der Waals surface area contributed by atoms with Gasteiger partial charge in [-0.2, -0.15) is 0 Å². The summed E-state index contributed by atoms with van der Waals surface area (Å²) in [5.74, 6) is 0. The molecule has 152 valence electrons. The lowest BCUT2D eigenvalue weighted by atomic mass is 10.0. The van der Waals surface area contributed by atoms with E-state index in [-0.39, 0.29) is 0 Å². The highest BCUT2D eigenvalue weighted by Gasteiger charge is 2.04.